The van der Waals surface area contributed by atoms with Crippen LogP contribution in [0.3, 0.4) is 0 Å². The third-order valence-corrected chi connectivity index (χ3v) is 4.11. The van der Waals surface area contributed by atoms with E-state index in [0.717, 1.165) is 11.1 Å². The highest BCUT2D eigenvalue weighted by atomic mass is 19.1. The van der Waals surface area contributed by atoms with Crippen molar-refractivity contribution in [1.29, 1.82) is 0 Å². The van der Waals surface area contributed by atoms with Crippen molar-refractivity contribution in [3.63, 3.8) is 0 Å². The van der Waals surface area contributed by atoms with E-state index in [9.17, 15) is 9.18 Å². The number of halogens is 1. The number of nitrogens with one attached hydrogen (secondary N) is 1. The smallest absolute Gasteiger partial charge is 0.245 e. The Kier molecular flexibility index (Phi) is 6.70. The van der Waals surface area contributed by atoms with Crippen molar-refractivity contribution in [1.82, 2.24) is 10.3 Å². The third-order valence-electron chi connectivity index (χ3n) is 4.11. The molecule has 6 heteroatoms. The van der Waals surface area contributed by atoms with Crippen molar-refractivity contribution < 1.29 is 18.7 Å². The monoisotopic (exact) mass is 380 g/mol. The summed E-state index contributed by atoms with van der Waals surface area (Å²) < 4.78 is 25.0. The van der Waals surface area contributed by atoms with Crippen LogP contribution in [0.5, 0.6) is 5.75 Å². The first-order chi connectivity index (χ1) is 13.7. The van der Waals surface area contributed by atoms with E-state index in [0.29, 0.717) is 11.4 Å². The van der Waals surface area contributed by atoms with Gasteiger partial charge in [-0.05, 0) is 42.0 Å². The van der Waals surface area contributed by atoms with Crippen LogP contribution in [0.4, 0.5) is 4.39 Å². The average molecular weight is 380 g/mol. The zero-order valence-corrected chi connectivity index (χ0v) is 15.5. The summed E-state index contributed by atoms with van der Waals surface area (Å²) in [6, 6.07) is 19.3. The summed E-state index contributed by atoms with van der Waals surface area (Å²) in [7, 11) is 1.56. The Hall–Kier alpha value is -3.25. The van der Waals surface area contributed by atoms with Crippen LogP contribution in [0, 0.1) is 5.82 Å². The highest BCUT2D eigenvalue weighted by molar-refractivity contribution is 5.76. The molecule has 1 N–H and O–H groups in total. The molecule has 1 unspecified atom stereocenters. The van der Waals surface area contributed by atoms with Gasteiger partial charge in [0.25, 0.3) is 0 Å². The van der Waals surface area contributed by atoms with Gasteiger partial charge in [-0.1, -0.05) is 30.3 Å². The number of nitrogens with zero attached hydrogens (tertiary/aromatic N) is 1. The number of benzene rings is 2. The van der Waals surface area contributed by atoms with Gasteiger partial charge in [0.05, 0.1) is 6.61 Å². The van der Waals surface area contributed by atoms with Gasteiger partial charge in [-0.2, -0.15) is 0 Å². The molecule has 3 rings (SSSR count). The first kappa shape index (κ1) is 19.5. The molecule has 0 aliphatic carbocycles. The molecule has 1 heterocycles. The summed E-state index contributed by atoms with van der Waals surface area (Å²) in [6.07, 6.45) is 1.22. The number of carbonyl (C=O) groups is 1. The minimum atomic E-state index is -0.436. The number of carbonyl (C=O) groups excluding carboxylic acids is 1. The quantitative estimate of drug-likeness (QED) is 0.646. The molecule has 0 saturated heterocycles. The normalized spacial score (nSPS) is 11.6. The van der Waals surface area contributed by atoms with E-state index in [-0.39, 0.29) is 24.9 Å². The molecule has 0 aliphatic heterocycles. The highest BCUT2D eigenvalue weighted by Crippen LogP contribution is 2.31. The van der Waals surface area contributed by atoms with Gasteiger partial charge in [-0.15, -0.1) is 0 Å². The van der Waals surface area contributed by atoms with E-state index in [1.165, 1.54) is 12.1 Å². The van der Waals surface area contributed by atoms with Gasteiger partial charge >= 0.3 is 0 Å². The van der Waals surface area contributed by atoms with Crippen LogP contribution in [-0.4, -0.2) is 31.2 Å². The van der Waals surface area contributed by atoms with Crippen LogP contribution in [-0.2, 0) is 9.53 Å². The van der Waals surface area contributed by atoms with Crippen molar-refractivity contribution in [2.75, 3.05) is 20.3 Å². The fourth-order valence-electron chi connectivity index (χ4n) is 2.66. The first-order valence-electron chi connectivity index (χ1n) is 8.88. The molecule has 0 aliphatic rings. The van der Waals surface area contributed by atoms with E-state index < -0.39 is 6.10 Å². The molecule has 0 spiro atoms. The number of ether oxygens (including phenoxy) is 2. The number of hydrogen-bond acceptors (Lipinski definition) is 4. The first-order valence-corrected chi connectivity index (χ1v) is 8.88. The second kappa shape index (κ2) is 9.62. The minimum absolute atomic E-state index is 0.0545. The Balaban J connectivity index is 1.84. The standard InChI is InChI=1S/C22H21FN2O3/c1-24-21(26)15-27-14-20(16-6-3-2-4-7-16)28-19-8-5-13-25-22(19)17-9-11-18(23)12-10-17/h2-13,20H,14-15H2,1H3,(H,24,26). The van der Waals surface area contributed by atoms with Crippen molar-refractivity contribution >= 4 is 5.91 Å². The number of hydrogen-bond donors (Lipinski definition) is 1. The van der Waals surface area contributed by atoms with Crippen molar-refractivity contribution in [3.8, 4) is 17.0 Å². The molecule has 0 bridgehead atoms. The number of likely N-dealkylation sites (N-methyl/N-ethyl adjacent to an activating group) is 1. The number of pyridine rings is 1. The van der Waals surface area contributed by atoms with Gasteiger partial charge in [0, 0.05) is 18.8 Å². The Labute approximate surface area is 163 Å². The molecular weight excluding hydrogens is 359 g/mol. The van der Waals surface area contributed by atoms with Gasteiger partial charge in [-0.3, -0.25) is 9.78 Å². The Morgan fingerprint density at radius 3 is 2.54 bits per heavy atom. The highest BCUT2D eigenvalue weighted by Gasteiger charge is 2.17. The van der Waals surface area contributed by atoms with Gasteiger partial charge in [-0.25, -0.2) is 4.39 Å². The van der Waals surface area contributed by atoms with Crippen LogP contribution < -0.4 is 10.1 Å². The zero-order valence-electron chi connectivity index (χ0n) is 15.5. The lowest BCUT2D eigenvalue weighted by molar-refractivity contribution is -0.126. The molecule has 5 nitrogen and oxygen atoms in total. The second-order valence-corrected chi connectivity index (χ2v) is 6.06. The molecule has 144 valence electrons. The van der Waals surface area contributed by atoms with E-state index in [1.807, 2.05) is 30.3 Å². The fraction of sp³-hybridized carbons (Fsp3) is 0.182. The maximum absolute atomic E-state index is 13.3. The maximum atomic E-state index is 13.3. The minimum Gasteiger partial charge on any atom is -0.481 e. The largest absolute Gasteiger partial charge is 0.481 e. The number of aromatic nitrogens is 1. The van der Waals surface area contributed by atoms with E-state index >= 15 is 0 Å². The van der Waals surface area contributed by atoms with Gasteiger partial charge in [0.1, 0.15) is 30.0 Å². The van der Waals surface area contributed by atoms with Crippen LogP contribution >= 0.6 is 0 Å². The summed E-state index contributed by atoms with van der Waals surface area (Å²) in [5.41, 5.74) is 2.26. The zero-order chi connectivity index (χ0) is 19.8. The van der Waals surface area contributed by atoms with Crippen molar-refractivity contribution in [2.24, 2.45) is 0 Å². The van der Waals surface area contributed by atoms with Gasteiger partial charge in [0.15, 0.2) is 0 Å². The SMILES string of the molecule is CNC(=O)COCC(Oc1cccnc1-c1ccc(F)cc1)c1ccccc1. The Morgan fingerprint density at radius 1 is 1.07 bits per heavy atom. The molecule has 0 radical (unpaired) electrons. The van der Waals surface area contributed by atoms with Crippen molar-refractivity contribution in [3.05, 3.63) is 84.3 Å². The van der Waals surface area contributed by atoms with E-state index in [2.05, 4.69) is 10.3 Å². The summed E-state index contributed by atoms with van der Waals surface area (Å²) in [5.74, 6) is 0.0265. The summed E-state index contributed by atoms with van der Waals surface area (Å²) in [6.45, 7) is 0.135. The van der Waals surface area contributed by atoms with Gasteiger partial charge < -0.3 is 14.8 Å². The van der Waals surface area contributed by atoms with E-state index in [1.54, 1.807) is 37.5 Å². The average Bonchev–Trinajstić information content (AvgIpc) is 2.74. The van der Waals surface area contributed by atoms with Crippen molar-refractivity contribution in [2.45, 2.75) is 6.10 Å². The summed E-state index contributed by atoms with van der Waals surface area (Å²) in [4.78, 5) is 15.8. The maximum Gasteiger partial charge on any atom is 0.245 e. The molecule has 0 saturated carbocycles. The molecule has 28 heavy (non-hydrogen) atoms. The lowest BCUT2D eigenvalue weighted by Gasteiger charge is -2.21. The lowest BCUT2D eigenvalue weighted by Crippen LogP contribution is -2.25. The molecule has 3 aromatic rings. The predicted octanol–water partition coefficient (Wildman–Crippen LogP) is 3.77. The third kappa shape index (κ3) is 5.14. The van der Waals surface area contributed by atoms with Crippen LogP contribution in [0.2, 0.25) is 0 Å². The molecule has 1 aromatic heterocycles. The summed E-state index contributed by atoms with van der Waals surface area (Å²) in [5, 5.41) is 2.52. The van der Waals surface area contributed by atoms with E-state index in [4.69, 9.17) is 9.47 Å². The van der Waals surface area contributed by atoms with Gasteiger partial charge in [0.2, 0.25) is 5.91 Å². The number of amides is 1. The Bertz CT molecular complexity index is 901. The number of rotatable bonds is 8. The molecular formula is C22H21FN2O3. The molecule has 0 fully saturated rings. The van der Waals surface area contributed by atoms with Crippen LogP contribution in [0.1, 0.15) is 11.7 Å². The fourth-order valence-corrected chi connectivity index (χ4v) is 2.66. The predicted molar refractivity (Wildman–Crippen MR) is 104 cm³/mol. The molecule has 2 aromatic carbocycles. The Morgan fingerprint density at radius 2 is 1.82 bits per heavy atom. The molecule has 1 atom stereocenters. The topological polar surface area (TPSA) is 60.5 Å². The van der Waals surface area contributed by atoms with Crippen LogP contribution in [0.25, 0.3) is 11.3 Å². The summed E-state index contributed by atoms with van der Waals surface area (Å²) >= 11 is 0. The van der Waals surface area contributed by atoms with Crippen LogP contribution in [0.15, 0.2) is 72.9 Å². The lowest BCUT2D eigenvalue weighted by atomic mass is 10.1. The molecule has 1 amide bonds. The second-order valence-electron chi connectivity index (χ2n) is 6.06.